The minimum Gasteiger partial charge on any atom is -0.478 e. The number of nitrogens with zero attached hydrogens (tertiary/aromatic N) is 2. The predicted octanol–water partition coefficient (Wildman–Crippen LogP) is 2.19. The fraction of sp³-hybridized carbons (Fsp3) is 0.167. The number of hydrogen-bond donors (Lipinski definition) is 1. The van der Waals surface area contributed by atoms with E-state index in [1.165, 1.54) is 0 Å². The molecule has 1 aromatic heterocycles. The molecule has 0 aliphatic heterocycles. The normalized spacial score (nSPS) is 10.4. The van der Waals surface area contributed by atoms with Crippen LogP contribution < -0.4 is 0 Å². The van der Waals surface area contributed by atoms with Gasteiger partial charge in [-0.3, -0.25) is 0 Å². The third-order valence-corrected chi connectivity index (χ3v) is 2.40. The number of carbonyl (C=O) groups is 1. The fourth-order valence-corrected chi connectivity index (χ4v) is 1.64. The molecule has 0 spiro atoms. The van der Waals surface area contributed by atoms with Crippen LogP contribution in [0, 0.1) is 13.8 Å². The van der Waals surface area contributed by atoms with Crippen LogP contribution in [-0.4, -0.2) is 20.6 Å². The summed E-state index contributed by atoms with van der Waals surface area (Å²) < 4.78 is 1.93. The molecule has 1 heterocycles. The molecule has 2 aromatic rings. The number of rotatable bonds is 2. The van der Waals surface area contributed by atoms with Gasteiger partial charge in [-0.25, -0.2) is 9.78 Å². The highest BCUT2D eigenvalue weighted by atomic mass is 16.4. The summed E-state index contributed by atoms with van der Waals surface area (Å²) in [4.78, 5) is 15.0. The molecule has 0 unspecified atom stereocenters. The standard InChI is InChI=1S/C12H12N2O2/c1-8-7-14(9(2)13-8)11-5-3-10(4-6-11)12(15)16/h3-7H,1-2H3,(H,15,16). The van der Waals surface area contributed by atoms with Gasteiger partial charge < -0.3 is 9.67 Å². The number of hydrogen-bond acceptors (Lipinski definition) is 2. The van der Waals surface area contributed by atoms with Crippen molar-refractivity contribution in [2.45, 2.75) is 13.8 Å². The topological polar surface area (TPSA) is 55.1 Å². The number of imidazole rings is 1. The molecular formula is C12H12N2O2. The molecule has 1 aromatic carbocycles. The summed E-state index contributed by atoms with van der Waals surface area (Å²) in [6.45, 7) is 3.84. The predicted molar refractivity (Wildman–Crippen MR) is 60.0 cm³/mol. The monoisotopic (exact) mass is 216 g/mol. The number of aromatic carboxylic acids is 1. The van der Waals surface area contributed by atoms with E-state index in [-0.39, 0.29) is 0 Å². The van der Waals surface area contributed by atoms with Crippen molar-refractivity contribution in [2.75, 3.05) is 0 Å². The van der Waals surface area contributed by atoms with Gasteiger partial charge in [0.1, 0.15) is 5.82 Å². The Hall–Kier alpha value is -2.10. The van der Waals surface area contributed by atoms with E-state index in [4.69, 9.17) is 5.11 Å². The Balaban J connectivity index is 2.42. The molecule has 0 aliphatic carbocycles. The summed E-state index contributed by atoms with van der Waals surface area (Å²) in [6.07, 6.45) is 1.92. The summed E-state index contributed by atoms with van der Waals surface area (Å²) in [5.41, 5.74) is 2.15. The second kappa shape index (κ2) is 3.81. The van der Waals surface area contributed by atoms with E-state index in [0.29, 0.717) is 5.56 Å². The van der Waals surface area contributed by atoms with Crippen LogP contribution in [0.25, 0.3) is 5.69 Å². The van der Waals surface area contributed by atoms with Gasteiger partial charge in [0.25, 0.3) is 0 Å². The first-order valence-corrected chi connectivity index (χ1v) is 4.94. The molecule has 0 atom stereocenters. The minimum absolute atomic E-state index is 0.290. The molecule has 0 bridgehead atoms. The Morgan fingerprint density at radius 1 is 1.25 bits per heavy atom. The first kappa shape index (κ1) is 10.4. The molecule has 2 rings (SSSR count). The van der Waals surface area contributed by atoms with E-state index in [2.05, 4.69) is 4.98 Å². The van der Waals surface area contributed by atoms with Gasteiger partial charge in [0, 0.05) is 11.9 Å². The molecule has 4 heteroatoms. The average Bonchev–Trinajstić information content (AvgIpc) is 2.58. The lowest BCUT2D eigenvalue weighted by Crippen LogP contribution is -1.98. The number of carboxylic acid groups (broad SMARTS) is 1. The maximum absolute atomic E-state index is 10.7. The first-order valence-electron chi connectivity index (χ1n) is 4.94. The SMILES string of the molecule is Cc1cn(-c2ccc(C(=O)O)cc2)c(C)n1. The highest BCUT2D eigenvalue weighted by Crippen LogP contribution is 2.13. The van der Waals surface area contributed by atoms with Crippen molar-refractivity contribution >= 4 is 5.97 Å². The first-order chi connectivity index (χ1) is 7.58. The zero-order valence-corrected chi connectivity index (χ0v) is 9.14. The van der Waals surface area contributed by atoms with Crippen LogP contribution in [-0.2, 0) is 0 Å². The smallest absolute Gasteiger partial charge is 0.335 e. The Morgan fingerprint density at radius 3 is 2.31 bits per heavy atom. The van der Waals surface area contributed by atoms with E-state index in [9.17, 15) is 4.79 Å². The molecule has 1 N–H and O–H groups in total. The van der Waals surface area contributed by atoms with Crippen LogP contribution in [0.4, 0.5) is 0 Å². The van der Waals surface area contributed by atoms with Crippen molar-refractivity contribution in [1.82, 2.24) is 9.55 Å². The lowest BCUT2D eigenvalue weighted by molar-refractivity contribution is 0.0697. The molecular weight excluding hydrogens is 204 g/mol. The Bertz CT molecular complexity index is 526. The highest BCUT2D eigenvalue weighted by molar-refractivity contribution is 5.87. The maximum atomic E-state index is 10.7. The fourth-order valence-electron chi connectivity index (χ4n) is 1.64. The van der Waals surface area contributed by atoms with Crippen LogP contribution in [0.2, 0.25) is 0 Å². The second-order valence-electron chi connectivity index (χ2n) is 3.65. The third kappa shape index (κ3) is 1.82. The summed E-state index contributed by atoms with van der Waals surface area (Å²) in [5.74, 6) is -0.0225. The van der Waals surface area contributed by atoms with Crippen molar-refractivity contribution < 1.29 is 9.90 Å². The molecule has 4 nitrogen and oxygen atoms in total. The van der Waals surface area contributed by atoms with E-state index in [1.54, 1.807) is 24.3 Å². The molecule has 0 fully saturated rings. The maximum Gasteiger partial charge on any atom is 0.335 e. The molecule has 16 heavy (non-hydrogen) atoms. The van der Waals surface area contributed by atoms with Crippen molar-refractivity contribution in [2.24, 2.45) is 0 Å². The van der Waals surface area contributed by atoms with Crippen LogP contribution in [0.3, 0.4) is 0 Å². The zero-order valence-electron chi connectivity index (χ0n) is 9.14. The summed E-state index contributed by atoms with van der Waals surface area (Å²) in [7, 11) is 0. The van der Waals surface area contributed by atoms with Crippen molar-refractivity contribution in [1.29, 1.82) is 0 Å². The van der Waals surface area contributed by atoms with Gasteiger partial charge in [0.2, 0.25) is 0 Å². The van der Waals surface area contributed by atoms with Crippen LogP contribution in [0.15, 0.2) is 30.5 Å². The molecule has 82 valence electrons. The van der Waals surface area contributed by atoms with Gasteiger partial charge in [-0.05, 0) is 38.1 Å². The van der Waals surface area contributed by atoms with E-state index >= 15 is 0 Å². The molecule has 0 amide bonds. The largest absolute Gasteiger partial charge is 0.478 e. The lowest BCUT2D eigenvalue weighted by Gasteiger charge is -2.04. The highest BCUT2D eigenvalue weighted by Gasteiger charge is 2.05. The summed E-state index contributed by atoms with van der Waals surface area (Å²) in [6, 6.07) is 6.73. The molecule has 0 aliphatic rings. The van der Waals surface area contributed by atoms with Crippen molar-refractivity contribution in [3.63, 3.8) is 0 Å². The number of aromatic nitrogens is 2. The minimum atomic E-state index is -0.912. The van der Waals surface area contributed by atoms with Gasteiger partial charge in [0.15, 0.2) is 0 Å². The quantitative estimate of drug-likeness (QED) is 0.837. The van der Waals surface area contributed by atoms with Gasteiger partial charge in [-0.15, -0.1) is 0 Å². The summed E-state index contributed by atoms with van der Waals surface area (Å²) in [5, 5.41) is 8.79. The Kier molecular flexibility index (Phi) is 2.48. The van der Waals surface area contributed by atoms with Crippen LogP contribution in [0.5, 0.6) is 0 Å². The van der Waals surface area contributed by atoms with Gasteiger partial charge >= 0.3 is 5.97 Å². The second-order valence-corrected chi connectivity index (χ2v) is 3.65. The number of carboxylic acids is 1. The Morgan fingerprint density at radius 2 is 1.88 bits per heavy atom. The number of aryl methyl sites for hydroxylation is 2. The van der Waals surface area contributed by atoms with Gasteiger partial charge in [0.05, 0.1) is 11.3 Å². The van der Waals surface area contributed by atoms with Gasteiger partial charge in [-0.1, -0.05) is 0 Å². The van der Waals surface area contributed by atoms with Crippen LogP contribution >= 0.6 is 0 Å². The van der Waals surface area contributed by atoms with Crippen LogP contribution in [0.1, 0.15) is 21.9 Å². The van der Waals surface area contributed by atoms with E-state index in [0.717, 1.165) is 17.2 Å². The van der Waals surface area contributed by atoms with Gasteiger partial charge in [-0.2, -0.15) is 0 Å². The molecule has 0 radical (unpaired) electrons. The summed E-state index contributed by atoms with van der Waals surface area (Å²) >= 11 is 0. The van der Waals surface area contributed by atoms with Crippen molar-refractivity contribution in [3.8, 4) is 5.69 Å². The average molecular weight is 216 g/mol. The van der Waals surface area contributed by atoms with E-state index < -0.39 is 5.97 Å². The Labute approximate surface area is 93.2 Å². The molecule has 0 saturated carbocycles. The van der Waals surface area contributed by atoms with E-state index in [1.807, 2.05) is 24.6 Å². The third-order valence-electron chi connectivity index (χ3n) is 2.40. The lowest BCUT2D eigenvalue weighted by atomic mass is 10.2. The molecule has 0 saturated heterocycles. The zero-order chi connectivity index (χ0) is 11.7. The van der Waals surface area contributed by atoms with Crippen molar-refractivity contribution in [3.05, 3.63) is 47.5 Å². The number of benzene rings is 1.